The van der Waals surface area contributed by atoms with Gasteiger partial charge in [0.25, 0.3) is 5.91 Å². The fourth-order valence-corrected chi connectivity index (χ4v) is 2.65. The van der Waals surface area contributed by atoms with Crippen LogP contribution < -0.4 is 19.6 Å². The second-order valence-corrected chi connectivity index (χ2v) is 5.47. The van der Waals surface area contributed by atoms with Gasteiger partial charge in [-0.05, 0) is 18.7 Å². The quantitative estimate of drug-likeness (QED) is 0.804. The predicted octanol–water partition coefficient (Wildman–Crippen LogP) is 1.91. The van der Waals surface area contributed by atoms with Gasteiger partial charge in [0.15, 0.2) is 11.5 Å². The summed E-state index contributed by atoms with van der Waals surface area (Å²) in [5.41, 5.74) is 4.04. The third-order valence-electron chi connectivity index (χ3n) is 4.12. The molecular formula is C17H25N3O4. The molecule has 0 unspecified atom stereocenters. The molecule has 0 atom stereocenters. The van der Waals surface area contributed by atoms with Crippen molar-refractivity contribution in [2.24, 2.45) is 5.10 Å². The van der Waals surface area contributed by atoms with Gasteiger partial charge in [0.05, 0.1) is 21.3 Å². The maximum Gasteiger partial charge on any atom is 0.271 e. The molecule has 1 aliphatic heterocycles. The molecule has 1 heterocycles. The SMILES string of the molecule is CCN1CCC(=NNC(=O)c2cc(OC)c(OC)c(OC)c2)CC1. The number of carbonyl (C=O) groups is 1. The van der Waals surface area contributed by atoms with Crippen LogP contribution >= 0.6 is 0 Å². The van der Waals surface area contributed by atoms with Crippen molar-refractivity contribution in [3.63, 3.8) is 0 Å². The molecule has 0 aromatic heterocycles. The minimum Gasteiger partial charge on any atom is -0.493 e. The van der Waals surface area contributed by atoms with Gasteiger partial charge in [-0.15, -0.1) is 0 Å². The van der Waals surface area contributed by atoms with Crippen LogP contribution in [-0.4, -0.2) is 57.5 Å². The van der Waals surface area contributed by atoms with E-state index < -0.39 is 0 Å². The summed E-state index contributed by atoms with van der Waals surface area (Å²) >= 11 is 0. The molecule has 24 heavy (non-hydrogen) atoms. The second kappa shape index (κ2) is 8.54. The first-order valence-corrected chi connectivity index (χ1v) is 8.01. The number of hydrogen-bond donors (Lipinski definition) is 1. The Bertz CT molecular complexity index is 581. The number of ether oxygens (including phenoxy) is 3. The Kier molecular flexibility index (Phi) is 6.43. The molecule has 1 aromatic carbocycles. The van der Waals surface area contributed by atoms with Gasteiger partial charge in [-0.1, -0.05) is 6.92 Å². The lowest BCUT2D eigenvalue weighted by Gasteiger charge is -2.25. The smallest absolute Gasteiger partial charge is 0.271 e. The first-order valence-electron chi connectivity index (χ1n) is 8.01. The van der Waals surface area contributed by atoms with Gasteiger partial charge in [-0.2, -0.15) is 5.10 Å². The molecule has 0 radical (unpaired) electrons. The molecule has 0 saturated carbocycles. The highest BCUT2D eigenvalue weighted by Gasteiger charge is 2.18. The van der Waals surface area contributed by atoms with Gasteiger partial charge in [-0.25, -0.2) is 5.43 Å². The van der Waals surface area contributed by atoms with Crippen LogP contribution in [0.4, 0.5) is 0 Å². The van der Waals surface area contributed by atoms with E-state index in [1.165, 1.54) is 21.3 Å². The average molecular weight is 335 g/mol. The molecule has 132 valence electrons. The molecule has 1 saturated heterocycles. The summed E-state index contributed by atoms with van der Waals surface area (Å²) in [4.78, 5) is 14.7. The van der Waals surface area contributed by atoms with Crippen LogP contribution in [0.2, 0.25) is 0 Å². The molecule has 1 aliphatic rings. The molecule has 1 N–H and O–H groups in total. The van der Waals surface area contributed by atoms with Crippen LogP contribution in [0, 0.1) is 0 Å². The maximum atomic E-state index is 12.4. The van der Waals surface area contributed by atoms with Gasteiger partial charge in [0, 0.05) is 37.2 Å². The lowest BCUT2D eigenvalue weighted by Crippen LogP contribution is -2.34. The summed E-state index contributed by atoms with van der Waals surface area (Å²) in [7, 11) is 4.55. The zero-order valence-electron chi connectivity index (χ0n) is 14.7. The highest BCUT2D eigenvalue weighted by Crippen LogP contribution is 2.38. The van der Waals surface area contributed by atoms with Crippen molar-refractivity contribution < 1.29 is 19.0 Å². The minimum atomic E-state index is -0.306. The highest BCUT2D eigenvalue weighted by molar-refractivity contribution is 5.96. The average Bonchev–Trinajstić information content (AvgIpc) is 2.65. The molecule has 1 fully saturated rings. The molecule has 1 aromatic rings. The first kappa shape index (κ1) is 18.1. The lowest BCUT2D eigenvalue weighted by molar-refractivity contribution is 0.0953. The number of amides is 1. The molecule has 0 aliphatic carbocycles. The van der Waals surface area contributed by atoms with Crippen molar-refractivity contribution in [1.29, 1.82) is 0 Å². The van der Waals surface area contributed by atoms with E-state index in [0.717, 1.165) is 38.2 Å². The van der Waals surface area contributed by atoms with Crippen LogP contribution in [0.1, 0.15) is 30.1 Å². The first-order chi connectivity index (χ1) is 11.6. The van der Waals surface area contributed by atoms with Crippen molar-refractivity contribution in [3.8, 4) is 17.2 Å². The van der Waals surface area contributed by atoms with Crippen LogP contribution in [0.5, 0.6) is 17.2 Å². The molecule has 7 nitrogen and oxygen atoms in total. The van der Waals surface area contributed by atoms with E-state index >= 15 is 0 Å². The number of benzene rings is 1. The van der Waals surface area contributed by atoms with Gasteiger partial charge in [0.2, 0.25) is 5.75 Å². The zero-order valence-corrected chi connectivity index (χ0v) is 14.7. The van der Waals surface area contributed by atoms with Crippen molar-refractivity contribution in [2.45, 2.75) is 19.8 Å². The van der Waals surface area contributed by atoms with E-state index in [4.69, 9.17) is 14.2 Å². The Morgan fingerprint density at radius 2 is 1.71 bits per heavy atom. The minimum absolute atomic E-state index is 0.306. The van der Waals surface area contributed by atoms with Crippen LogP contribution in [0.3, 0.4) is 0 Å². The Labute approximate surface area is 142 Å². The summed E-state index contributed by atoms with van der Waals surface area (Å²) < 4.78 is 15.8. The molecule has 7 heteroatoms. The maximum absolute atomic E-state index is 12.4. The molecular weight excluding hydrogens is 310 g/mol. The van der Waals surface area contributed by atoms with Crippen LogP contribution in [-0.2, 0) is 0 Å². The Morgan fingerprint density at radius 3 is 2.17 bits per heavy atom. The molecule has 0 bridgehead atoms. The fraction of sp³-hybridized carbons (Fsp3) is 0.529. The number of rotatable bonds is 6. The van der Waals surface area contributed by atoms with E-state index in [1.54, 1.807) is 12.1 Å². The summed E-state index contributed by atoms with van der Waals surface area (Å²) in [5.74, 6) is 1.02. The predicted molar refractivity (Wildman–Crippen MR) is 92.3 cm³/mol. The summed E-state index contributed by atoms with van der Waals surface area (Å²) in [6.45, 7) is 5.16. The summed E-state index contributed by atoms with van der Waals surface area (Å²) in [5, 5.41) is 4.26. The Balaban J connectivity index is 2.10. The van der Waals surface area contributed by atoms with Crippen molar-refractivity contribution in [2.75, 3.05) is 41.0 Å². The number of likely N-dealkylation sites (tertiary alicyclic amines) is 1. The van der Waals surface area contributed by atoms with E-state index in [9.17, 15) is 4.79 Å². The standard InChI is InChI=1S/C17H25N3O4/c1-5-20-8-6-13(7-9-20)18-19-17(21)12-10-14(22-2)16(24-4)15(11-12)23-3/h10-11H,5-9H2,1-4H3,(H,19,21). The van der Waals surface area contributed by atoms with Gasteiger partial charge in [-0.3, -0.25) is 4.79 Å². The number of nitrogens with zero attached hydrogens (tertiary/aromatic N) is 2. The molecule has 2 rings (SSSR count). The number of hydrogen-bond acceptors (Lipinski definition) is 6. The topological polar surface area (TPSA) is 72.4 Å². The fourth-order valence-electron chi connectivity index (χ4n) is 2.65. The van der Waals surface area contributed by atoms with Crippen molar-refractivity contribution >= 4 is 11.6 Å². The monoisotopic (exact) mass is 335 g/mol. The van der Waals surface area contributed by atoms with Gasteiger partial charge in [0.1, 0.15) is 0 Å². The largest absolute Gasteiger partial charge is 0.493 e. The normalized spacial score (nSPS) is 14.9. The second-order valence-electron chi connectivity index (χ2n) is 5.47. The number of methoxy groups -OCH3 is 3. The van der Waals surface area contributed by atoms with Crippen molar-refractivity contribution in [1.82, 2.24) is 10.3 Å². The third kappa shape index (κ3) is 4.17. The lowest BCUT2D eigenvalue weighted by atomic mass is 10.1. The zero-order chi connectivity index (χ0) is 17.5. The van der Waals surface area contributed by atoms with Gasteiger partial charge >= 0.3 is 0 Å². The Hall–Kier alpha value is -2.28. The third-order valence-corrected chi connectivity index (χ3v) is 4.12. The summed E-state index contributed by atoms with van der Waals surface area (Å²) in [6, 6.07) is 3.22. The number of piperidine rings is 1. The molecule has 1 amide bonds. The highest BCUT2D eigenvalue weighted by atomic mass is 16.5. The van der Waals surface area contributed by atoms with E-state index in [-0.39, 0.29) is 5.91 Å². The van der Waals surface area contributed by atoms with Crippen molar-refractivity contribution in [3.05, 3.63) is 17.7 Å². The van der Waals surface area contributed by atoms with E-state index in [1.807, 2.05) is 0 Å². The number of nitrogens with one attached hydrogen (secondary N) is 1. The number of carbonyl (C=O) groups excluding carboxylic acids is 1. The van der Waals surface area contributed by atoms with Crippen LogP contribution in [0.15, 0.2) is 17.2 Å². The van der Waals surface area contributed by atoms with E-state index in [0.29, 0.717) is 22.8 Å². The molecule has 0 spiro atoms. The number of hydrazone groups is 1. The van der Waals surface area contributed by atoms with Crippen LogP contribution in [0.25, 0.3) is 0 Å². The Morgan fingerprint density at radius 1 is 1.12 bits per heavy atom. The van der Waals surface area contributed by atoms with Gasteiger partial charge < -0.3 is 19.1 Å². The van der Waals surface area contributed by atoms with E-state index in [2.05, 4.69) is 22.4 Å². The summed E-state index contributed by atoms with van der Waals surface area (Å²) in [6.07, 6.45) is 1.76.